The second-order valence-electron chi connectivity index (χ2n) is 10.9. The van der Waals surface area contributed by atoms with Crippen LogP contribution in [-0.4, -0.2) is 43.0 Å². The summed E-state index contributed by atoms with van der Waals surface area (Å²) in [6, 6.07) is 15.1. The number of aliphatic carboxylic acids is 1. The van der Waals surface area contributed by atoms with E-state index < -0.39 is 23.9 Å². The van der Waals surface area contributed by atoms with Crippen molar-refractivity contribution in [1.29, 1.82) is 0 Å². The fraction of sp³-hybridized carbons (Fsp3) is 0.333. The molecule has 39 heavy (non-hydrogen) atoms. The number of alkyl halides is 1. The van der Waals surface area contributed by atoms with Gasteiger partial charge in [-0.15, -0.1) is 0 Å². The van der Waals surface area contributed by atoms with Gasteiger partial charge in [-0.1, -0.05) is 30.3 Å². The van der Waals surface area contributed by atoms with Gasteiger partial charge < -0.3 is 10.0 Å². The average molecular weight is 529 g/mol. The Morgan fingerprint density at radius 1 is 1.05 bits per heavy atom. The van der Waals surface area contributed by atoms with Crippen LogP contribution in [0.1, 0.15) is 83.1 Å². The third-order valence-corrected chi connectivity index (χ3v) is 8.34. The molecule has 0 radical (unpaired) electrons. The lowest BCUT2D eigenvalue weighted by molar-refractivity contribution is -0.138. The molecule has 4 aromatic rings. The first-order chi connectivity index (χ1) is 18.8. The second kappa shape index (κ2) is 8.69. The highest BCUT2D eigenvalue weighted by Crippen LogP contribution is 2.48. The highest BCUT2D eigenvalue weighted by Gasteiger charge is 2.44. The van der Waals surface area contributed by atoms with Crippen LogP contribution in [0.5, 0.6) is 0 Å². The van der Waals surface area contributed by atoms with Gasteiger partial charge in [0.05, 0.1) is 24.2 Å². The molecule has 3 heterocycles. The monoisotopic (exact) mass is 528 g/mol. The molecule has 0 spiro atoms. The summed E-state index contributed by atoms with van der Waals surface area (Å²) in [5.74, 6) is -2.10. The third-order valence-electron chi connectivity index (χ3n) is 8.34. The van der Waals surface area contributed by atoms with E-state index in [0.717, 1.165) is 24.1 Å². The lowest BCUT2D eigenvalue weighted by Crippen LogP contribution is -2.40. The van der Waals surface area contributed by atoms with Crippen LogP contribution in [0.2, 0.25) is 0 Å². The average Bonchev–Trinajstić information content (AvgIpc) is 3.86. The number of carboxylic acids is 1. The molecule has 1 amide bonds. The number of carboxylic acid groups (broad SMARTS) is 1. The van der Waals surface area contributed by atoms with Crippen molar-refractivity contribution in [3.8, 4) is 11.3 Å². The Morgan fingerprint density at radius 2 is 1.82 bits per heavy atom. The quantitative estimate of drug-likeness (QED) is 0.352. The van der Waals surface area contributed by atoms with Gasteiger partial charge in [0.1, 0.15) is 17.7 Å². The number of fused-ring (bicyclic) bond motifs is 2. The van der Waals surface area contributed by atoms with E-state index in [4.69, 9.17) is 0 Å². The first-order valence-electron chi connectivity index (χ1n) is 13.3. The van der Waals surface area contributed by atoms with Crippen LogP contribution in [0.4, 0.5) is 8.78 Å². The van der Waals surface area contributed by atoms with Crippen molar-refractivity contribution in [2.75, 3.05) is 6.54 Å². The van der Waals surface area contributed by atoms with E-state index in [-0.39, 0.29) is 41.6 Å². The summed E-state index contributed by atoms with van der Waals surface area (Å²) in [5, 5.41) is 13.8. The second-order valence-corrected chi connectivity index (χ2v) is 10.9. The van der Waals surface area contributed by atoms with Gasteiger partial charge in [0, 0.05) is 23.2 Å². The lowest BCUT2D eigenvalue weighted by Gasteiger charge is -2.36. The maximum absolute atomic E-state index is 15.2. The molecule has 2 aromatic heterocycles. The minimum Gasteiger partial charge on any atom is -0.481 e. The summed E-state index contributed by atoms with van der Waals surface area (Å²) in [6.45, 7) is 1.85. The minimum atomic E-state index is -1.28. The molecule has 2 fully saturated rings. The molecule has 7 rings (SSSR count). The molecule has 4 atom stereocenters. The first kappa shape index (κ1) is 23.9. The van der Waals surface area contributed by atoms with Crippen molar-refractivity contribution in [2.45, 2.75) is 50.2 Å². The summed E-state index contributed by atoms with van der Waals surface area (Å²) in [7, 11) is 0. The number of aromatic nitrogens is 3. The van der Waals surface area contributed by atoms with Gasteiger partial charge in [-0.2, -0.15) is 5.10 Å². The zero-order chi connectivity index (χ0) is 27.0. The maximum Gasteiger partial charge on any atom is 0.307 e. The fourth-order valence-electron chi connectivity index (χ4n) is 5.89. The lowest BCUT2D eigenvalue weighted by atomic mass is 9.92. The van der Waals surface area contributed by atoms with E-state index in [2.05, 4.69) is 10.1 Å². The number of carbonyl (C=O) groups excluding carboxylic acids is 1. The highest BCUT2D eigenvalue weighted by atomic mass is 19.1. The summed E-state index contributed by atoms with van der Waals surface area (Å²) >= 11 is 0. The van der Waals surface area contributed by atoms with Crippen LogP contribution in [0.3, 0.4) is 0 Å². The van der Waals surface area contributed by atoms with Crippen LogP contribution in [0.15, 0.2) is 54.6 Å². The van der Waals surface area contributed by atoms with Gasteiger partial charge in [0.2, 0.25) is 0 Å². The van der Waals surface area contributed by atoms with Gasteiger partial charge in [-0.25, -0.2) is 18.3 Å². The Balaban J connectivity index is 1.24. The molecule has 2 aromatic carbocycles. The first-order valence-corrected chi connectivity index (χ1v) is 13.3. The predicted molar refractivity (Wildman–Crippen MR) is 139 cm³/mol. The molecule has 0 unspecified atom stereocenters. The highest BCUT2D eigenvalue weighted by molar-refractivity contribution is 5.93. The molecule has 2 saturated carbocycles. The number of hydrogen-bond acceptors (Lipinski definition) is 4. The maximum atomic E-state index is 15.2. The summed E-state index contributed by atoms with van der Waals surface area (Å²) in [4.78, 5) is 31.0. The molecule has 0 saturated heterocycles. The standard InChI is InChI=1S/C30H26F2N4O3/c1-15-18-4-2-3-5-19(18)24(32)14-35(15)29(37)26-12-27(16-6-7-16)36-28(33-26)13-25(34-36)20-9-8-17(10-23(20)31)21-11-22(21)30(38)39/h2-5,8-10,12-13,15-16,21-22,24H,6-7,11,14H2,1H3,(H,38,39)/t15-,21-,22+,24+/m1/s1. The number of benzene rings is 2. The topological polar surface area (TPSA) is 87.8 Å². The SMILES string of the molecule is C[C@@H]1c2ccccc2[C@@H](F)CN1C(=O)c1cc(C2CC2)n2nc(-c3ccc([C@H]4C[C@@H]4C(=O)O)cc3F)cc2n1. The molecule has 198 valence electrons. The fourth-order valence-corrected chi connectivity index (χ4v) is 5.89. The normalized spacial score (nSPS) is 24.0. The van der Waals surface area contributed by atoms with Gasteiger partial charge in [-0.05, 0) is 67.0 Å². The predicted octanol–water partition coefficient (Wildman–Crippen LogP) is 5.83. The smallest absolute Gasteiger partial charge is 0.307 e. The number of carbonyl (C=O) groups is 2. The zero-order valence-electron chi connectivity index (χ0n) is 21.2. The Kier molecular flexibility index (Phi) is 5.33. The van der Waals surface area contributed by atoms with Crippen molar-refractivity contribution in [1.82, 2.24) is 19.5 Å². The molecule has 1 aliphatic heterocycles. The molecule has 1 N–H and O–H groups in total. The third kappa shape index (κ3) is 3.99. The van der Waals surface area contributed by atoms with Crippen LogP contribution in [0.25, 0.3) is 16.9 Å². The van der Waals surface area contributed by atoms with E-state index in [9.17, 15) is 14.7 Å². The van der Waals surface area contributed by atoms with Gasteiger partial charge >= 0.3 is 5.97 Å². The zero-order valence-corrected chi connectivity index (χ0v) is 21.2. The Labute approximate surface area is 223 Å². The summed E-state index contributed by atoms with van der Waals surface area (Å²) in [6.07, 6.45) is 1.15. The Morgan fingerprint density at radius 3 is 2.51 bits per heavy atom. The van der Waals surface area contributed by atoms with E-state index in [1.807, 2.05) is 19.1 Å². The van der Waals surface area contributed by atoms with Gasteiger partial charge in [-0.3, -0.25) is 9.59 Å². The molecule has 7 nitrogen and oxygen atoms in total. The molecule has 9 heteroatoms. The van der Waals surface area contributed by atoms with Gasteiger partial charge in [0.25, 0.3) is 5.91 Å². The summed E-state index contributed by atoms with van der Waals surface area (Å²) in [5.41, 5.74) is 4.22. The van der Waals surface area contributed by atoms with E-state index in [1.54, 1.807) is 40.9 Å². The number of nitrogens with zero attached hydrogens (tertiary/aromatic N) is 4. The van der Waals surface area contributed by atoms with Crippen LogP contribution in [0, 0.1) is 11.7 Å². The number of rotatable bonds is 5. The van der Waals surface area contributed by atoms with Crippen molar-refractivity contribution in [3.05, 3.63) is 88.5 Å². The van der Waals surface area contributed by atoms with Crippen molar-refractivity contribution in [3.63, 3.8) is 0 Å². The van der Waals surface area contributed by atoms with Crippen molar-refractivity contribution >= 4 is 17.5 Å². The Bertz CT molecular complexity index is 1660. The molecular formula is C30H26F2N4O3. The minimum absolute atomic E-state index is 0.0472. The molecule has 0 bridgehead atoms. The summed E-state index contributed by atoms with van der Waals surface area (Å²) < 4.78 is 31.9. The molecular weight excluding hydrogens is 502 g/mol. The van der Waals surface area contributed by atoms with E-state index in [0.29, 0.717) is 28.9 Å². The van der Waals surface area contributed by atoms with E-state index >= 15 is 8.78 Å². The van der Waals surface area contributed by atoms with Crippen LogP contribution >= 0.6 is 0 Å². The molecule has 2 aliphatic carbocycles. The van der Waals surface area contributed by atoms with Crippen molar-refractivity contribution < 1.29 is 23.5 Å². The van der Waals surface area contributed by atoms with Crippen LogP contribution in [-0.2, 0) is 4.79 Å². The van der Waals surface area contributed by atoms with Crippen molar-refractivity contribution in [2.24, 2.45) is 5.92 Å². The van der Waals surface area contributed by atoms with E-state index in [1.165, 1.54) is 11.0 Å². The number of amides is 1. The number of halogens is 2. The van der Waals surface area contributed by atoms with Crippen LogP contribution < -0.4 is 0 Å². The number of hydrogen-bond donors (Lipinski definition) is 1. The largest absolute Gasteiger partial charge is 0.481 e. The Hall–Kier alpha value is -4.14. The molecule has 3 aliphatic rings. The van der Waals surface area contributed by atoms with Gasteiger partial charge in [0.15, 0.2) is 5.65 Å².